The summed E-state index contributed by atoms with van der Waals surface area (Å²) in [6.45, 7) is 7.13. The summed E-state index contributed by atoms with van der Waals surface area (Å²) < 4.78 is 0. The second-order valence-electron chi connectivity index (χ2n) is 6.57. The van der Waals surface area contributed by atoms with Gasteiger partial charge in [-0.05, 0) is 48.7 Å². The molecular formula is C20H25N3OS. The van der Waals surface area contributed by atoms with Crippen molar-refractivity contribution in [2.75, 3.05) is 35.6 Å². The summed E-state index contributed by atoms with van der Waals surface area (Å²) in [5.74, 6) is 2.29. The summed E-state index contributed by atoms with van der Waals surface area (Å²) in [5, 5.41) is 3.06. The largest absolute Gasteiger partial charge is 0.399 e. The van der Waals surface area contributed by atoms with Gasteiger partial charge in [0.05, 0.1) is 0 Å². The SMILES string of the molecule is Cc1ccc(CN2CCSCC2)cc1NC(=O)c1cc(N)ccc1C. The molecule has 132 valence electrons. The smallest absolute Gasteiger partial charge is 0.256 e. The first-order chi connectivity index (χ1) is 12.0. The quantitative estimate of drug-likeness (QED) is 0.821. The van der Waals surface area contributed by atoms with E-state index in [1.165, 1.54) is 17.1 Å². The van der Waals surface area contributed by atoms with E-state index in [2.05, 4.69) is 28.4 Å². The highest BCUT2D eigenvalue weighted by Gasteiger charge is 2.14. The predicted molar refractivity (Wildman–Crippen MR) is 107 cm³/mol. The standard InChI is InChI=1S/C20H25N3OS/c1-14-4-6-17(21)12-18(14)20(24)22-19-11-16(5-3-15(19)2)13-23-7-9-25-10-8-23/h3-6,11-12H,7-10,13,21H2,1-2H3,(H,22,24). The Labute approximate surface area is 153 Å². The van der Waals surface area contributed by atoms with Gasteiger partial charge in [-0.1, -0.05) is 18.2 Å². The average Bonchev–Trinajstić information content (AvgIpc) is 2.61. The lowest BCUT2D eigenvalue weighted by atomic mass is 10.1. The number of rotatable bonds is 4. The molecule has 0 saturated carbocycles. The van der Waals surface area contributed by atoms with Crippen LogP contribution in [0.1, 0.15) is 27.0 Å². The number of thioether (sulfide) groups is 1. The Bertz CT molecular complexity index is 770. The molecule has 0 aromatic heterocycles. The molecule has 1 amide bonds. The number of nitrogens with zero attached hydrogens (tertiary/aromatic N) is 1. The molecule has 1 saturated heterocycles. The van der Waals surface area contributed by atoms with Crippen molar-refractivity contribution >= 4 is 29.0 Å². The first-order valence-electron chi connectivity index (χ1n) is 8.60. The molecule has 1 aliphatic heterocycles. The van der Waals surface area contributed by atoms with E-state index in [0.29, 0.717) is 11.3 Å². The minimum atomic E-state index is -0.112. The highest BCUT2D eigenvalue weighted by Crippen LogP contribution is 2.21. The zero-order valence-corrected chi connectivity index (χ0v) is 15.7. The van der Waals surface area contributed by atoms with Crippen LogP contribution in [0.2, 0.25) is 0 Å². The number of amides is 1. The maximum atomic E-state index is 12.7. The third kappa shape index (κ3) is 4.55. The summed E-state index contributed by atoms with van der Waals surface area (Å²) in [4.78, 5) is 15.1. The Morgan fingerprint density at radius 3 is 2.60 bits per heavy atom. The topological polar surface area (TPSA) is 58.4 Å². The van der Waals surface area contributed by atoms with Crippen LogP contribution in [0.15, 0.2) is 36.4 Å². The summed E-state index contributed by atoms with van der Waals surface area (Å²) in [5.41, 5.74) is 11.1. The number of carbonyl (C=O) groups excluding carboxylic acids is 1. The highest BCUT2D eigenvalue weighted by molar-refractivity contribution is 7.99. The number of nitrogens with one attached hydrogen (secondary N) is 1. The Morgan fingerprint density at radius 2 is 1.84 bits per heavy atom. The number of benzene rings is 2. The van der Waals surface area contributed by atoms with E-state index < -0.39 is 0 Å². The van der Waals surface area contributed by atoms with Gasteiger partial charge in [-0.25, -0.2) is 0 Å². The van der Waals surface area contributed by atoms with Gasteiger partial charge in [-0.3, -0.25) is 9.69 Å². The van der Waals surface area contributed by atoms with Crippen molar-refractivity contribution in [1.82, 2.24) is 4.90 Å². The maximum absolute atomic E-state index is 12.7. The van der Waals surface area contributed by atoms with E-state index in [-0.39, 0.29) is 5.91 Å². The molecule has 0 atom stereocenters. The van der Waals surface area contributed by atoms with Crippen LogP contribution in [0.5, 0.6) is 0 Å². The molecule has 0 spiro atoms. The molecule has 2 aromatic rings. The fourth-order valence-electron chi connectivity index (χ4n) is 2.99. The van der Waals surface area contributed by atoms with Gasteiger partial charge in [-0.2, -0.15) is 11.8 Å². The zero-order valence-electron chi connectivity index (χ0n) is 14.8. The summed E-state index contributed by atoms with van der Waals surface area (Å²) in [6.07, 6.45) is 0. The van der Waals surface area contributed by atoms with Gasteiger partial charge in [0.1, 0.15) is 0 Å². The maximum Gasteiger partial charge on any atom is 0.256 e. The van der Waals surface area contributed by atoms with Crippen LogP contribution in [-0.2, 0) is 6.54 Å². The van der Waals surface area contributed by atoms with Crippen LogP contribution < -0.4 is 11.1 Å². The molecule has 4 nitrogen and oxygen atoms in total. The van der Waals surface area contributed by atoms with Crippen molar-refractivity contribution in [3.63, 3.8) is 0 Å². The average molecular weight is 356 g/mol. The third-order valence-electron chi connectivity index (χ3n) is 4.57. The van der Waals surface area contributed by atoms with E-state index in [0.717, 1.165) is 36.4 Å². The highest BCUT2D eigenvalue weighted by atomic mass is 32.2. The van der Waals surface area contributed by atoms with Crippen molar-refractivity contribution in [2.45, 2.75) is 20.4 Å². The number of hydrogen-bond donors (Lipinski definition) is 2. The molecule has 3 rings (SSSR count). The molecule has 1 heterocycles. The minimum absolute atomic E-state index is 0.112. The van der Waals surface area contributed by atoms with Crippen molar-refractivity contribution in [1.29, 1.82) is 0 Å². The van der Waals surface area contributed by atoms with Gasteiger partial charge < -0.3 is 11.1 Å². The molecule has 0 radical (unpaired) electrons. The Balaban J connectivity index is 1.76. The molecule has 1 aliphatic rings. The molecule has 5 heteroatoms. The Hall–Kier alpha value is -1.98. The predicted octanol–water partition coefficient (Wildman–Crippen LogP) is 3.69. The molecule has 2 aromatic carbocycles. The molecule has 0 bridgehead atoms. The van der Waals surface area contributed by atoms with E-state index in [4.69, 9.17) is 5.73 Å². The van der Waals surface area contributed by atoms with E-state index in [9.17, 15) is 4.79 Å². The van der Waals surface area contributed by atoms with Crippen LogP contribution in [0.3, 0.4) is 0 Å². The van der Waals surface area contributed by atoms with Crippen LogP contribution in [0.25, 0.3) is 0 Å². The number of nitrogen functional groups attached to an aromatic ring is 1. The van der Waals surface area contributed by atoms with Gasteiger partial charge >= 0.3 is 0 Å². The lowest BCUT2D eigenvalue weighted by Crippen LogP contribution is -2.32. The fourth-order valence-corrected chi connectivity index (χ4v) is 3.97. The third-order valence-corrected chi connectivity index (χ3v) is 5.51. The molecule has 25 heavy (non-hydrogen) atoms. The van der Waals surface area contributed by atoms with E-state index >= 15 is 0 Å². The summed E-state index contributed by atoms with van der Waals surface area (Å²) >= 11 is 2.01. The van der Waals surface area contributed by atoms with E-state index in [1.807, 2.05) is 37.7 Å². The van der Waals surface area contributed by atoms with Crippen molar-refractivity contribution < 1.29 is 4.79 Å². The first kappa shape index (κ1) is 17.8. The van der Waals surface area contributed by atoms with Gasteiger partial charge in [0.15, 0.2) is 0 Å². The zero-order chi connectivity index (χ0) is 17.8. The Kier molecular flexibility index (Phi) is 5.66. The summed E-state index contributed by atoms with van der Waals surface area (Å²) in [7, 11) is 0. The van der Waals surface area contributed by atoms with Crippen LogP contribution >= 0.6 is 11.8 Å². The molecule has 0 aliphatic carbocycles. The van der Waals surface area contributed by atoms with Gasteiger partial charge in [0.25, 0.3) is 5.91 Å². The van der Waals surface area contributed by atoms with E-state index in [1.54, 1.807) is 6.07 Å². The molecule has 3 N–H and O–H groups in total. The summed E-state index contributed by atoms with van der Waals surface area (Å²) in [6, 6.07) is 11.7. The van der Waals surface area contributed by atoms with Crippen molar-refractivity contribution in [2.24, 2.45) is 0 Å². The second-order valence-corrected chi connectivity index (χ2v) is 7.79. The molecule has 0 unspecified atom stereocenters. The van der Waals surface area contributed by atoms with Crippen molar-refractivity contribution in [3.8, 4) is 0 Å². The van der Waals surface area contributed by atoms with Gasteiger partial charge in [-0.15, -0.1) is 0 Å². The number of aryl methyl sites for hydroxylation is 2. The fraction of sp³-hybridized carbons (Fsp3) is 0.350. The van der Waals surface area contributed by atoms with Crippen molar-refractivity contribution in [3.05, 3.63) is 58.7 Å². The molecular weight excluding hydrogens is 330 g/mol. The number of anilines is 2. The lowest BCUT2D eigenvalue weighted by Gasteiger charge is -2.26. The van der Waals surface area contributed by atoms with Crippen LogP contribution in [0, 0.1) is 13.8 Å². The number of nitrogens with two attached hydrogens (primary N) is 1. The number of carbonyl (C=O) groups is 1. The van der Waals surface area contributed by atoms with Crippen LogP contribution in [-0.4, -0.2) is 35.4 Å². The van der Waals surface area contributed by atoms with Gasteiger partial charge in [0, 0.05) is 48.1 Å². The number of hydrogen-bond acceptors (Lipinski definition) is 4. The monoisotopic (exact) mass is 355 g/mol. The van der Waals surface area contributed by atoms with Gasteiger partial charge in [0.2, 0.25) is 0 Å². The first-order valence-corrected chi connectivity index (χ1v) is 9.75. The normalized spacial score (nSPS) is 15.1. The second kappa shape index (κ2) is 7.93. The lowest BCUT2D eigenvalue weighted by molar-refractivity contribution is 0.102. The van der Waals surface area contributed by atoms with Crippen LogP contribution in [0.4, 0.5) is 11.4 Å². The molecule has 1 fully saturated rings. The minimum Gasteiger partial charge on any atom is -0.399 e. The Morgan fingerprint density at radius 1 is 1.12 bits per heavy atom.